The molecule has 126 valence electrons. The number of nitrogens with one attached hydrogen (secondary N) is 1. The van der Waals surface area contributed by atoms with E-state index in [1.165, 1.54) is 0 Å². The Hall–Kier alpha value is -2.04. The van der Waals surface area contributed by atoms with Gasteiger partial charge in [0, 0.05) is 0 Å². The molecule has 0 spiro atoms. The summed E-state index contributed by atoms with van der Waals surface area (Å²) in [6.07, 6.45) is 2.98. The van der Waals surface area contributed by atoms with Crippen LogP contribution in [0.15, 0.2) is 24.3 Å². The van der Waals surface area contributed by atoms with Crippen molar-refractivity contribution < 1.29 is 14.3 Å². The Morgan fingerprint density at radius 3 is 2.74 bits per heavy atom. The molecule has 1 amide bonds. The average Bonchev–Trinajstić information content (AvgIpc) is 2.53. The maximum atomic E-state index is 12.7. The van der Waals surface area contributed by atoms with E-state index in [1.807, 2.05) is 38.1 Å². The molecule has 2 rings (SSSR count). The summed E-state index contributed by atoms with van der Waals surface area (Å²) in [5.41, 5.74) is 1.62. The Labute approximate surface area is 138 Å². The molecule has 5 heteroatoms. The minimum absolute atomic E-state index is 0.0348. The van der Waals surface area contributed by atoms with Gasteiger partial charge in [0.1, 0.15) is 12.6 Å². The van der Waals surface area contributed by atoms with Crippen molar-refractivity contribution in [1.29, 1.82) is 0 Å². The Bertz CT molecular complexity index is 557. The van der Waals surface area contributed by atoms with Crippen LogP contribution >= 0.6 is 0 Å². The molecular weight excluding hydrogens is 292 g/mol. The molecule has 1 heterocycles. The predicted molar refractivity (Wildman–Crippen MR) is 91.5 cm³/mol. The van der Waals surface area contributed by atoms with E-state index in [4.69, 9.17) is 4.74 Å². The number of unbranched alkanes of at least 4 members (excludes halogenated alkanes) is 2. The second kappa shape index (κ2) is 7.99. The first kappa shape index (κ1) is 17.3. The number of carbonyl (C=O) groups is 2. The van der Waals surface area contributed by atoms with Crippen molar-refractivity contribution in [3.63, 3.8) is 0 Å². The van der Waals surface area contributed by atoms with Gasteiger partial charge >= 0.3 is 5.97 Å². The number of para-hydroxylation sites is 2. The highest BCUT2D eigenvalue weighted by Crippen LogP contribution is 2.32. The van der Waals surface area contributed by atoms with Gasteiger partial charge < -0.3 is 10.1 Å². The minimum atomic E-state index is -0.353. The fourth-order valence-electron chi connectivity index (χ4n) is 2.67. The van der Waals surface area contributed by atoms with Crippen LogP contribution in [-0.2, 0) is 14.3 Å². The summed E-state index contributed by atoms with van der Waals surface area (Å²) < 4.78 is 5.25. The molecule has 0 aliphatic carbocycles. The van der Waals surface area contributed by atoms with Crippen molar-refractivity contribution in [1.82, 2.24) is 0 Å². The highest BCUT2D eigenvalue weighted by molar-refractivity contribution is 6.07. The third kappa shape index (κ3) is 4.24. The molecule has 23 heavy (non-hydrogen) atoms. The first-order valence-corrected chi connectivity index (χ1v) is 8.37. The third-order valence-electron chi connectivity index (χ3n) is 4.00. The summed E-state index contributed by atoms with van der Waals surface area (Å²) in [7, 11) is 0. The summed E-state index contributed by atoms with van der Waals surface area (Å²) >= 11 is 0. The molecule has 1 N–H and O–H groups in total. The van der Waals surface area contributed by atoms with Crippen LogP contribution in [0.2, 0.25) is 0 Å². The average molecular weight is 318 g/mol. The van der Waals surface area contributed by atoms with Crippen LogP contribution in [0.1, 0.15) is 40.0 Å². The number of carbonyl (C=O) groups excluding carboxylic acids is 2. The quantitative estimate of drug-likeness (QED) is 0.619. The van der Waals surface area contributed by atoms with Gasteiger partial charge in [-0.05, 0) is 24.5 Å². The number of hydrogen-bond acceptors (Lipinski definition) is 4. The van der Waals surface area contributed by atoms with Gasteiger partial charge in [0.15, 0.2) is 0 Å². The third-order valence-corrected chi connectivity index (χ3v) is 4.00. The number of benzene rings is 1. The Balaban J connectivity index is 2.09. The first-order valence-electron chi connectivity index (χ1n) is 8.37. The highest BCUT2D eigenvalue weighted by atomic mass is 16.5. The van der Waals surface area contributed by atoms with Crippen molar-refractivity contribution in [2.75, 3.05) is 23.4 Å². The molecule has 1 aliphatic rings. The van der Waals surface area contributed by atoms with E-state index >= 15 is 0 Å². The summed E-state index contributed by atoms with van der Waals surface area (Å²) in [5, 5.41) is 3.27. The van der Waals surface area contributed by atoms with Gasteiger partial charge in [-0.25, -0.2) is 0 Å². The SMILES string of the molecule is CCCCCOC(=O)CN1C(=O)C(C(C)C)Nc2ccccc21. The molecule has 0 radical (unpaired) electrons. The molecule has 0 fully saturated rings. The molecule has 1 atom stereocenters. The first-order chi connectivity index (χ1) is 11.0. The van der Waals surface area contributed by atoms with Crippen molar-refractivity contribution in [2.24, 2.45) is 5.92 Å². The highest BCUT2D eigenvalue weighted by Gasteiger charge is 2.35. The molecule has 1 aliphatic heterocycles. The van der Waals surface area contributed by atoms with E-state index in [1.54, 1.807) is 4.90 Å². The lowest BCUT2D eigenvalue weighted by molar-refractivity contribution is -0.143. The van der Waals surface area contributed by atoms with Gasteiger partial charge in [0.25, 0.3) is 0 Å². The minimum Gasteiger partial charge on any atom is -0.464 e. The van der Waals surface area contributed by atoms with Crippen molar-refractivity contribution >= 4 is 23.3 Å². The summed E-state index contributed by atoms with van der Waals surface area (Å²) in [5.74, 6) is -0.295. The van der Waals surface area contributed by atoms with E-state index in [0.717, 1.165) is 30.6 Å². The van der Waals surface area contributed by atoms with Crippen molar-refractivity contribution in [3.8, 4) is 0 Å². The molecule has 0 saturated heterocycles. The van der Waals surface area contributed by atoms with Crippen LogP contribution in [0.3, 0.4) is 0 Å². The number of ether oxygens (including phenoxy) is 1. The van der Waals surface area contributed by atoms with Gasteiger partial charge in [-0.3, -0.25) is 14.5 Å². The van der Waals surface area contributed by atoms with E-state index in [9.17, 15) is 9.59 Å². The maximum absolute atomic E-state index is 12.7. The molecule has 0 bridgehead atoms. The monoisotopic (exact) mass is 318 g/mol. The number of esters is 1. The van der Waals surface area contributed by atoms with Gasteiger partial charge in [-0.15, -0.1) is 0 Å². The number of amides is 1. The van der Waals surface area contributed by atoms with Crippen LogP contribution < -0.4 is 10.2 Å². The number of rotatable bonds is 7. The van der Waals surface area contributed by atoms with Gasteiger partial charge in [-0.1, -0.05) is 45.7 Å². The number of nitrogens with zero attached hydrogens (tertiary/aromatic N) is 1. The van der Waals surface area contributed by atoms with E-state index in [0.29, 0.717) is 6.61 Å². The largest absolute Gasteiger partial charge is 0.464 e. The number of hydrogen-bond donors (Lipinski definition) is 1. The van der Waals surface area contributed by atoms with Gasteiger partial charge in [-0.2, -0.15) is 0 Å². The lowest BCUT2D eigenvalue weighted by Gasteiger charge is -2.36. The molecule has 5 nitrogen and oxygen atoms in total. The van der Waals surface area contributed by atoms with Gasteiger partial charge in [0.05, 0.1) is 18.0 Å². The Morgan fingerprint density at radius 2 is 2.04 bits per heavy atom. The van der Waals surface area contributed by atoms with E-state index in [2.05, 4.69) is 12.2 Å². The van der Waals surface area contributed by atoms with E-state index in [-0.39, 0.29) is 30.4 Å². The standard InChI is InChI=1S/C18H26N2O3/c1-4-5-8-11-23-16(21)12-20-15-10-7-6-9-14(15)19-17(13(2)3)18(20)22/h6-7,9-10,13,17,19H,4-5,8,11-12H2,1-3H3. The predicted octanol–water partition coefficient (Wildman–Crippen LogP) is 3.20. The molecule has 0 saturated carbocycles. The molecule has 0 aromatic heterocycles. The fraction of sp³-hybridized carbons (Fsp3) is 0.556. The maximum Gasteiger partial charge on any atom is 0.326 e. The Kier molecular flexibility index (Phi) is 6.02. The van der Waals surface area contributed by atoms with Crippen LogP contribution in [0.5, 0.6) is 0 Å². The number of anilines is 2. The molecule has 1 aromatic rings. The van der Waals surface area contributed by atoms with Crippen LogP contribution in [0, 0.1) is 5.92 Å². The van der Waals surface area contributed by atoms with Crippen LogP contribution in [-0.4, -0.2) is 31.1 Å². The number of fused-ring (bicyclic) bond motifs is 1. The second-order valence-electron chi connectivity index (χ2n) is 6.24. The molecule has 1 aromatic carbocycles. The summed E-state index contributed by atoms with van der Waals surface area (Å²) in [4.78, 5) is 26.3. The second-order valence-corrected chi connectivity index (χ2v) is 6.24. The van der Waals surface area contributed by atoms with E-state index < -0.39 is 0 Å². The summed E-state index contributed by atoms with van der Waals surface area (Å²) in [6.45, 7) is 6.47. The van der Waals surface area contributed by atoms with Crippen LogP contribution in [0.25, 0.3) is 0 Å². The van der Waals surface area contributed by atoms with Crippen molar-refractivity contribution in [2.45, 2.75) is 46.1 Å². The van der Waals surface area contributed by atoms with Crippen molar-refractivity contribution in [3.05, 3.63) is 24.3 Å². The smallest absolute Gasteiger partial charge is 0.326 e. The lowest BCUT2D eigenvalue weighted by Crippen LogP contribution is -2.51. The summed E-state index contributed by atoms with van der Waals surface area (Å²) in [6, 6.07) is 7.24. The zero-order valence-electron chi connectivity index (χ0n) is 14.2. The molecular formula is C18H26N2O3. The lowest BCUT2D eigenvalue weighted by atomic mass is 9.99. The Morgan fingerprint density at radius 1 is 1.30 bits per heavy atom. The zero-order chi connectivity index (χ0) is 16.8. The normalized spacial score (nSPS) is 17.0. The van der Waals surface area contributed by atoms with Gasteiger partial charge in [0.2, 0.25) is 5.91 Å². The molecule has 1 unspecified atom stereocenters. The topological polar surface area (TPSA) is 58.6 Å². The van der Waals surface area contributed by atoms with Crippen LogP contribution in [0.4, 0.5) is 11.4 Å². The fourth-order valence-corrected chi connectivity index (χ4v) is 2.67. The zero-order valence-corrected chi connectivity index (χ0v) is 14.2.